The number of aryl methyl sites for hydroxylation is 1. The highest BCUT2D eigenvalue weighted by Crippen LogP contribution is 2.22. The van der Waals surface area contributed by atoms with Gasteiger partial charge in [-0.05, 0) is 19.1 Å². The van der Waals surface area contributed by atoms with Crippen LogP contribution in [0.25, 0.3) is 22.2 Å². The summed E-state index contributed by atoms with van der Waals surface area (Å²) < 4.78 is 1.76. The van der Waals surface area contributed by atoms with Gasteiger partial charge in [0.1, 0.15) is 5.52 Å². The van der Waals surface area contributed by atoms with E-state index in [2.05, 4.69) is 15.1 Å². The van der Waals surface area contributed by atoms with Crippen LogP contribution < -0.4 is 0 Å². The van der Waals surface area contributed by atoms with E-state index in [1.807, 2.05) is 31.2 Å². The molecule has 0 amide bonds. The smallest absolute Gasteiger partial charge is 0.179 e. The minimum absolute atomic E-state index is 0.412. The average molecular weight is 233 g/mol. The maximum atomic E-state index is 6.02. The number of hydrogen-bond donors (Lipinski definition) is 0. The van der Waals surface area contributed by atoms with E-state index >= 15 is 0 Å². The number of aromatic nitrogens is 4. The number of para-hydroxylation sites is 2. The molecule has 1 aromatic carbocycles. The molecule has 3 rings (SSSR count). The Morgan fingerprint density at radius 3 is 2.56 bits per heavy atom. The summed E-state index contributed by atoms with van der Waals surface area (Å²) in [5.74, 6) is 0. The zero-order valence-electron chi connectivity index (χ0n) is 8.68. The topological polar surface area (TPSA) is 43.6 Å². The predicted octanol–water partition coefficient (Wildman–Crippen LogP) is 2.65. The third-order valence-corrected chi connectivity index (χ3v) is 2.75. The van der Waals surface area contributed by atoms with Gasteiger partial charge in [0.05, 0.1) is 11.0 Å². The van der Waals surface area contributed by atoms with Crippen molar-refractivity contribution in [2.75, 3.05) is 0 Å². The first-order valence-corrected chi connectivity index (χ1v) is 5.46. The van der Waals surface area contributed by atoms with Gasteiger partial charge in [-0.25, -0.2) is 14.6 Å². The van der Waals surface area contributed by atoms with E-state index in [4.69, 9.17) is 11.6 Å². The molecule has 0 aliphatic carbocycles. The molecule has 3 aromatic rings. The fourth-order valence-electron chi connectivity index (χ4n) is 1.73. The summed E-state index contributed by atoms with van der Waals surface area (Å²) in [7, 11) is 0. The molecule has 0 spiro atoms. The van der Waals surface area contributed by atoms with Crippen molar-refractivity contribution in [3.8, 4) is 0 Å². The van der Waals surface area contributed by atoms with Gasteiger partial charge in [0.25, 0.3) is 0 Å². The summed E-state index contributed by atoms with van der Waals surface area (Å²) in [6.07, 6.45) is 0. The number of hydrogen-bond acceptors (Lipinski definition) is 3. The molecular formula is C11H9ClN4. The Kier molecular flexibility index (Phi) is 2.04. The Bertz CT molecular complexity index is 674. The highest BCUT2D eigenvalue weighted by molar-refractivity contribution is 6.33. The zero-order chi connectivity index (χ0) is 11.1. The second-order valence-electron chi connectivity index (χ2n) is 3.49. The minimum Gasteiger partial charge on any atom is -0.245 e. The largest absolute Gasteiger partial charge is 0.245 e. The van der Waals surface area contributed by atoms with E-state index in [0.717, 1.165) is 23.2 Å². The van der Waals surface area contributed by atoms with Crippen molar-refractivity contribution < 1.29 is 0 Å². The summed E-state index contributed by atoms with van der Waals surface area (Å²) in [6.45, 7) is 2.73. The third-order valence-electron chi connectivity index (χ3n) is 2.50. The van der Waals surface area contributed by atoms with Crippen LogP contribution in [0.5, 0.6) is 0 Å². The summed E-state index contributed by atoms with van der Waals surface area (Å²) in [5, 5.41) is 4.60. The number of rotatable bonds is 1. The molecule has 16 heavy (non-hydrogen) atoms. The second-order valence-corrected chi connectivity index (χ2v) is 3.85. The molecule has 0 fully saturated rings. The quantitative estimate of drug-likeness (QED) is 0.648. The van der Waals surface area contributed by atoms with Gasteiger partial charge in [-0.2, -0.15) is 5.10 Å². The Hall–Kier alpha value is -1.68. The molecule has 4 nitrogen and oxygen atoms in total. The third kappa shape index (κ3) is 1.27. The maximum Gasteiger partial charge on any atom is 0.179 e. The van der Waals surface area contributed by atoms with E-state index < -0.39 is 0 Å². The van der Waals surface area contributed by atoms with Gasteiger partial charge in [0, 0.05) is 6.54 Å². The van der Waals surface area contributed by atoms with Gasteiger partial charge >= 0.3 is 0 Å². The van der Waals surface area contributed by atoms with Crippen LogP contribution in [0.2, 0.25) is 5.15 Å². The summed E-state index contributed by atoms with van der Waals surface area (Å²) in [6, 6.07) is 7.72. The highest BCUT2D eigenvalue weighted by Gasteiger charge is 2.11. The van der Waals surface area contributed by atoms with Crippen molar-refractivity contribution in [3.63, 3.8) is 0 Å². The zero-order valence-corrected chi connectivity index (χ0v) is 9.44. The molecule has 0 radical (unpaired) electrons. The predicted molar refractivity (Wildman–Crippen MR) is 63.5 cm³/mol. The number of fused-ring (bicyclic) bond motifs is 2. The Labute approximate surface area is 96.9 Å². The second kappa shape index (κ2) is 3.42. The molecule has 2 heterocycles. The minimum atomic E-state index is 0.412. The average Bonchev–Trinajstić information content (AvgIpc) is 2.63. The molecule has 0 aliphatic rings. The van der Waals surface area contributed by atoms with Crippen molar-refractivity contribution in [1.82, 2.24) is 19.7 Å². The number of nitrogens with zero attached hydrogens (tertiary/aromatic N) is 4. The van der Waals surface area contributed by atoms with Crippen LogP contribution in [0.1, 0.15) is 6.92 Å². The molecule has 2 aromatic heterocycles. The first-order chi connectivity index (χ1) is 7.79. The van der Waals surface area contributed by atoms with Crippen LogP contribution in [-0.4, -0.2) is 19.7 Å². The van der Waals surface area contributed by atoms with Crippen LogP contribution in [0, 0.1) is 0 Å². The fraction of sp³-hybridized carbons (Fsp3) is 0.182. The standard InChI is InChI=1S/C11H9ClN4/c1-2-16-11-9(10(12)15-16)13-7-5-3-4-6-8(7)14-11/h3-6H,2H2,1H3. The molecule has 0 N–H and O–H groups in total. The van der Waals surface area contributed by atoms with E-state index in [0.29, 0.717) is 10.7 Å². The monoisotopic (exact) mass is 232 g/mol. The Morgan fingerprint density at radius 1 is 1.19 bits per heavy atom. The van der Waals surface area contributed by atoms with E-state index in [9.17, 15) is 0 Å². The first-order valence-electron chi connectivity index (χ1n) is 5.08. The summed E-state index contributed by atoms with van der Waals surface area (Å²) in [4.78, 5) is 8.99. The van der Waals surface area contributed by atoms with Gasteiger partial charge in [0.2, 0.25) is 0 Å². The Morgan fingerprint density at radius 2 is 1.88 bits per heavy atom. The van der Waals surface area contributed by atoms with Crippen LogP contribution in [-0.2, 0) is 6.54 Å². The maximum absolute atomic E-state index is 6.02. The normalized spacial score (nSPS) is 11.4. The van der Waals surface area contributed by atoms with Gasteiger partial charge in [-0.1, -0.05) is 23.7 Å². The van der Waals surface area contributed by atoms with Crippen LogP contribution >= 0.6 is 11.6 Å². The van der Waals surface area contributed by atoms with Gasteiger partial charge in [-0.3, -0.25) is 0 Å². The molecule has 0 aliphatic heterocycles. The van der Waals surface area contributed by atoms with E-state index in [1.165, 1.54) is 0 Å². The first kappa shape index (κ1) is 9.54. The molecule has 0 bridgehead atoms. The number of halogens is 1. The van der Waals surface area contributed by atoms with Crippen LogP contribution in [0.15, 0.2) is 24.3 Å². The van der Waals surface area contributed by atoms with Crippen molar-refractivity contribution in [1.29, 1.82) is 0 Å². The van der Waals surface area contributed by atoms with Crippen molar-refractivity contribution in [2.45, 2.75) is 13.5 Å². The number of benzene rings is 1. The highest BCUT2D eigenvalue weighted by atomic mass is 35.5. The molecule has 5 heteroatoms. The molecule has 0 atom stereocenters. The summed E-state index contributed by atoms with van der Waals surface area (Å²) >= 11 is 6.02. The van der Waals surface area contributed by atoms with E-state index in [-0.39, 0.29) is 0 Å². The molecule has 0 saturated heterocycles. The summed E-state index contributed by atoms with van der Waals surface area (Å²) in [5.41, 5.74) is 3.11. The van der Waals surface area contributed by atoms with Gasteiger partial charge in [-0.15, -0.1) is 0 Å². The van der Waals surface area contributed by atoms with Crippen LogP contribution in [0.3, 0.4) is 0 Å². The lowest BCUT2D eigenvalue weighted by atomic mass is 10.3. The van der Waals surface area contributed by atoms with Crippen molar-refractivity contribution in [3.05, 3.63) is 29.4 Å². The lowest BCUT2D eigenvalue weighted by Crippen LogP contribution is -1.97. The van der Waals surface area contributed by atoms with E-state index in [1.54, 1.807) is 4.68 Å². The molecular weight excluding hydrogens is 224 g/mol. The lowest BCUT2D eigenvalue weighted by molar-refractivity contribution is 0.678. The van der Waals surface area contributed by atoms with Gasteiger partial charge in [0.15, 0.2) is 10.8 Å². The van der Waals surface area contributed by atoms with Gasteiger partial charge < -0.3 is 0 Å². The van der Waals surface area contributed by atoms with Crippen molar-refractivity contribution in [2.24, 2.45) is 0 Å². The molecule has 80 valence electrons. The molecule has 0 saturated carbocycles. The van der Waals surface area contributed by atoms with Crippen molar-refractivity contribution >= 4 is 33.8 Å². The molecule has 0 unspecified atom stereocenters. The fourth-order valence-corrected chi connectivity index (χ4v) is 1.95. The lowest BCUT2D eigenvalue weighted by Gasteiger charge is -1.98. The SMILES string of the molecule is CCn1nc(Cl)c2nc3ccccc3nc21. The van der Waals surface area contributed by atoms with Crippen LogP contribution in [0.4, 0.5) is 0 Å². The Balaban J connectivity index is 2.48.